The topological polar surface area (TPSA) is 57.4 Å². The van der Waals surface area contributed by atoms with Crippen molar-refractivity contribution in [2.75, 3.05) is 14.2 Å². The Balaban J connectivity index is 1.99. The highest BCUT2D eigenvalue weighted by atomic mass is 35.5. The summed E-state index contributed by atoms with van der Waals surface area (Å²) >= 11 is 7.77. The van der Waals surface area contributed by atoms with Crippen LogP contribution in [0.2, 0.25) is 5.02 Å². The Morgan fingerprint density at radius 3 is 2.56 bits per heavy atom. The molecule has 3 rings (SSSR count). The molecule has 0 aliphatic rings. The molecule has 130 valence electrons. The Morgan fingerprint density at radius 2 is 1.88 bits per heavy atom. The maximum atomic E-state index is 6.14. The van der Waals surface area contributed by atoms with Crippen molar-refractivity contribution in [3.8, 4) is 22.8 Å². The van der Waals surface area contributed by atoms with Gasteiger partial charge in [-0.2, -0.15) is 0 Å². The first-order valence-corrected chi connectivity index (χ1v) is 8.99. The molecular weight excluding hydrogens is 356 g/mol. The number of aromatic nitrogens is 1. The number of nitrogens with zero attached hydrogens (tertiary/aromatic N) is 1. The molecule has 0 atom stereocenters. The molecule has 0 bridgehead atoms. The molecule has 1 heterocycles. The van der Waals surface area contributed by atoms with E-state index in [-0.39, 0.29) is 0 Å². The molecule has 0 unspecified atom stereocenters. The van der Waals surface area contributed by atoms with E-state index in [4.69, 9.17) is 31.8 Å². The van der Waals surface area contributed by atoms with E-state index in [2.05, 4.69) is 0 Å². The average Bonchev–Trinajstić information content (AvgIpc) is 3.04. The highest BCUT2D eigenvalue weighted by Gasteiger charge is 2.14. The molecule has 3 aromatic rings. The first-order chi connectivity index (χ1) is 12.1. The second kappa shape index (κ2) is 7.87. The van der Waals surface area contributed by atoms with Crippen molar-refractivity contribution in [3.05, 3.63) is 62.9 Å². The fraction of sp³-hybridized carbons (Fsp3) is 0.211. The van der Waals surface area contributed by atoms with Crippen LogP contribution in [0.3, 0.4) is 0 Å². The number of hydrogen-bond donors (Lipinski definition) is 1. The van der Waals surface area contributed by atoms with Crippen molar-refractivity contribution >= 4 is 22.9 Å². The van der Waals surface area contributed by atoms with E-state index >= 15 is 0 Å². The number of rotatable bonds is 6. The molecule has 4 nitrogen and oxygen atoms in total. The molecule has 1 aromatic heterocycles. The van der Waals surface area contributed by atoms with E-state index in [0.717, 1.165) is 33.1 Å². The number of ether oxygens (including phenoxy) is 2. The first kappa shape index (κ1) is 17.7. The minimum atomic E-state index is 0.421. The molecule has 0 fully saturated rings. The summed E-state index contributed by atoms with van der Waals surface area (Å²) in [6.45, 7) is 0.421. The summed E-state index contributed by atoms with van der Waals surface area (Å²) in [5.74, 6) is 1.43. The van der Waals surface area contributed by atoms with Crippen LogP contribution in [-0.2, 0) is 13.0 Å². The molecular formula is C19H19ClN2O2S. The summed E-state index contributed by atoms with van der Waals surface area (Å²) in [6, 6.07) is 13.7. The molecule has 2 aromatic carbocycles. The van der Waals surface area contributed by atoms with Crippen LogP contribution in [0.25, 0.3) is 11.3 Å². The van der Waals surface area contributed by atoms with Gasteiger partial charge in [-0.25, -0.2) is 4.98 Å². The number of thiazole rings is 1. The van der Waals surface area contributed by atoms with E-state index in [1.807, 2.05) is 42.5 Å². The Kier molecular flexibility index (Phi) is 5.58. The van der Waals surface area contributed by atoms with E-state index < -0.39 is 0 Å². The van der Waals surface area contributed by atoms with Crippen molar-refractivity contribution in [2.45, 2.75) is 13.0 Å². The number of hydrogen-bond acceptors (Lipinski definition) is 5. The summed E-state index contributed by atoms with van der Waals surface area (Å²) in [6.07, 6.45) is 0.736. The minimum absolute atomic E-state index is 0.421. The van der Waals surface area contributed by atoms with Gasteiger partial charge in [0.2, 0.25) is 0 Å². The van der Waals surface area contributed by atoms with Crippen LogP contribution in [0.5, 0.6) is 11.5 Å². The first-order valence-electron chi connectivity index (χ1n) is 7.80. The summed E-state index contributed by atoms with van der Waals surface area (Å²) < 4.78 is 10.7. The van der Waals surface area contributed by atoms with E-state index in [1.165, 1.54) is 0 Å². The van der Waals surface area contributed by atoms with Gasteiger partial charge in [0.15, 0.2) is 11.5 Å². The molecule has 0 saturated carbocycles. The largest absolute Gasteiger partial charge is 0.493 e. The lowest BCUT2D eigenvalue weighted by molar-refractivity contribution is 0.354. The number of halogens is 1. The van der Waals surface area contributed by atoms with Crippen molar-refractivity contribution in [1.82, 2.24) is 4.98 Å². The van der Waals surface area contributed by atoms with Gasteiger partial charge in [0.05, 0.1) is 19.9 Å². The van der Waals surface area contributed by atoms with Gasteiger partial charge in [-0.15, -0.1) is 11.3 Å². The fourth-order valence-electron chi connectivity index (χ4n) is 2.64. The van der Waals surface area contributed by atoms with Crippen LogP contribution < -0.4 is 15.2 Å². The van der Waals surface area contributed by atoms with E-state index in [0.29, 0.717) is 23.1 Å². The third-order valence-corrected chi connectivity index (χ3v) is 5.14. The lowest BCUT2D eigenvalue weighted by atomic mass is 10.1. The number of methoxy groups -OCH3 is 2. The normalized spacial score (nSPS) is 10.7. The zero-order valence-electron chi connectivity index (χ0n) is 14.1. The summed E-state index contributed by atoms with van der Waals surface area (Å²) in [5.41, 5.74) is 8.85. The number of nitrogens with two attached hydrogens (primary N) is 1. The van der Waals surface area contributed by atoms with Crippen LogP contribution in [0, 0.1) is 0 Å². The molecule has 0 aliphatic heterocycles. The van der Waals surface area contributed by atoms with Crippen molar-refractivity contribution in [3.63, 3.8) is 0 Å². The van der Waals surface area contributed by atoms with Crippen LogP contribution in [0.1, 0.15) is 15.4 Å². The quantitative estimate of drug-likeness (QED) is 0.688. The third-order valence-electron chi connectivity index (χ3n) is 3.83. The molecule has 2 N–H and O–H groups in total. The van der Waals surface area contributed by atoms with E-state index in [1.54, 1.807) is 25.6 Å². The standard InChI is InChI=1S/C19H19ClN2O2S/c1-23-15-7-6-12(8-16(15)24-2)9-17-19(22-18(11-21)25-17)13-4-3-5-14(20)10-13/h3-8,10H,9,11,21H2,1-2H3. The second-order valence-electron chi connectivity index (χ2n) is 5.46. The molecule has 0 spiro atoms. The Bertz CT molecular complexity index is 880. The molecule has 0 saturated heterocycles. The molecule has 0 amide bonds. The third kappa shape index (κ3) is 3.95. The monoisotopic (exact) mass is 374 g/mol. The maximum Gasteiger partial charge on any atom is 0.160 e. The molecule has 6 heteroatoms. The minimum Gasteiger partial charge on any atom is -0.493 e. The van der Waals surface area contributed by atoms with Gasteiger partial charge in [-0.3, -0.25) is 0 Å². The van der Waals surface area contributed by atoms with Gasteiger partial charge < -0.3 is 15.2 Å². The zero-order valence-corrected chi connectivity index (χ0v) is 15.7. The predicted molar refractivity (Wildman–Crippen MR) is 103 cm³/mol. The molecule has 25 heavy (non-hydrogen) atoms. The molecule has 0 aliphatic carbocycles. The van der Waals surface area contributed by atoms with Crippen molar-refractivity contribution < 1.29 is 9.47 Å². The van der Waals surface area contributed by atoms with Crippen molar-refractivity contribution in [2.24, 2.45) is 5.73 Å². The summed E-state index contributed by atoms with van der Waals surface area (Å²) in [4.78, 5) is 5.84. The maximum absolute atomic E-state index is 6.14. The summed E-state index contributed by atoms with van der Waals surface area (Å²) in [7, 11) is 3.27. The summed E-state index contributed by atoms with van der Waals surface area (Å²) in [5, 5.41) is 1.60. The molecule has 0 radical (unpaired) electrons. The van der Waals surface area contributed by atoms with Gasteiger partial charge in [0.1, 0.15) is 5.01 Å². The van der Waals surface area contributed by atoms with Crippen LogP contribution in [-0.4, -0.2) is 19.2 Å². The van der Waals surface area contributed by atoms with Gasteiger partial charge in [0, 0.05) is 28.4 Å². The average molecular weight is 375 g/mol. The van der Waals surface area contributed by atoms with Gasteiger partial charge in [0.25, 0.3) is 0 Å². The van der Waals surface area contributed by atoms with Crippen LogP contribution in [0.4, 0.5) is 0 Å². The lowest BCUT2D eigenvalue weighted by Gasteiger charge is -2.09. The highest BCUT2D eigenvalue weighted by Crippen LogP contribution is 2.34. The van der Waals surface area contributed by atoms with Crippen LogP contribution >= 0.6 is 22.9 Å². The van der Waals surface area contributed by atoms with Gasteiger partial charge in [-0.05, 0) is 29.8 Å². The lowest BCUT2D eigenvalue weighted by Crippen LogP contribution is -1.94. The smallest absolute Gasteiger partial charge is 0.160 e. The predicted octanol–water partition coefficient (Wildman–Crippen LogP) is 4.53. The van der Waals surface area contributed by atoms with Crippen molar-refractivity contribution in [1.29, 1.82) is 0 Å². The Hall–Kier alpha value is -2.08. The van der Waals surface area contributed by atoms with E-state index in [9.17, 15) is 0 Å². The fourth-order valence-corrected chi connectivity index (χ4v) is 3.84. The van der Waals surface area contributed by atoms with Crippen LogP contribution in [0.15, 0.2) is 42.5 Å². The highest BCUT2D eigenvalue weighted by molar-refractivity contribution is 7.12. The number of benzene rings is 2. The zero-order chi connectivity index (χ0) is 17.8. The Morgan fingerprint density at radius 1 is 1.08 bits per heavy atom. The Labute approximate surface area is 156 Å². The van der Waals surface area contributed by atoms with Gasteiger partial charge in [-0.1, -0.05) is 29.8 Å². The van der Waals surface area contributed by atoms with Gasteiger partial charge >= 0.3 is 0 Å². The SMILES string of the molecule is COc1ccc(Cc2sc(CN)nc2-c2cccc(Cl)c2)cc1OC. The second-order valence-corrected chi connectivity index (χ2v) is 7.06.